The molecule has 0 spiro atoms. The first kappa shape index (κ1) is 18.3. The van der Waals surface area contributed by atoms with Gasteiger partial charge in [0, 0.05) is 23.7 Å². The molecule has 5 nitrogen and oxygen atoms in total. The number of rotatable bonds is 6. The minimum atomic E-state index is -3.46. The van der Waals surface area contributed by atoms with Crippen molar-refractivity contribution in [2.24, 2.45) is 0 Å². The van der Waals surface area contributed by atoms with Crippen LogP contribution in [-0.4, -0.2) is 27.1 Å². The van der Waals surface area contributed by atoms with Crippen LogP contribution in [0.15, 0.2) is 48.5 Å². The molecule has 2 aromatic rings. The Morgan fingerprint density at radius 1 is 1.17 bits per heavy atom. The zero-order valence-corrected chi connectivity index (χ0v) is 15.1. The Balaban J connectivity index is 2.05. The van der Waals surface area contributed by atoms with E-state index in [4.69, 9.17) is 11.6 Å². The van der Waals surface area contributed by atoms with E-state index < -0.39 is 10.0 Å². The highest BCUT2D eigenvalue weighted by atomic mass is 35.5. The van der Waals surface area contributed by atoms with Crippen molar-refractivity contribution in [1.82, 2.24) is 0 Å². The van der Waals surface area contributed by atoms with Gasteiger partial charge >= 0.3 is 0 Å². The summed E-state index contributed by atoms with van der Waals surface area (Å²) in [5.74, 6) is -0.259. The van der Waals surface area contributed by atoms with Crippen LogP contribution in [0.4, 0.5) is 11.4 Å². The predicted molar refractivity (Wildman–Crippen MR) is 98.1 cm³/mol. The molecule has 0 saturated carbocycles. The Morgan fingerprint density at radius 3 is 2.42 bits per heavy atom. The van der Waals surface area contributed by atoms with Crippen LogP contribution in [-0.2, 0) is 14.8 Å². The molecule has 0 fully saturated rings. The van der Waals surface area contributed by atoms with E-state index >= 15 is 0 Å². The summed E-state index contributed by atoms with van der Waals surface area (Å²) in [5.41, 5.74) is 2.05. The molecule has 0 aliphatic rings. The van der Waals surface area contributed by atoms with Gasteiger partial charge in [-0.2, -0.15) is 0 Å². The van der Waals surface area contributed by atoms with E-state index in [0.29, 0.717) is 16.4 Å². The number of carbonyl (C=O) groups excluding carboxylic acids is 1. The number of anilines is 2. The van der Waals surface area contributed by atoms with Crippen molar-refractivity contribution in [2.75, 3.05) is 22.4 Å². The van der Waals surface area contributed by atoms with Crippen LogP contribution in [0, 0.1) is 6.92 Å². The van der Waals surface area contributed by atoms with E-state index in [0.717, 1.165) is 11.8 Å². The van der Waals surface area contributed by atoms with Gasteiger partial charge in [0.25, 0.3) is 0 Å². The van der Waals surface area contributed by atoms with Crippen molar-refractivity contribution in [1.29, 1.82) is 0 Å². The maximum atomic E-state index is 12.1. The van der Waals surface area contributed by atoms with Crippen LogP contribution in [0.25, 0.3) is 0 Å². The fourth-order valence-electron chi connectivity index (χ4n) is 2.26. The highest BCUT2D eigenvalue weighted by Crippen LogP contribution is 2.20. The first-order valence-corrected chi connectivity index (χ1v) is 9.59. The normalized spacial score (nSPS) is 11.1. The number of para-hydroxylation sites is 1. The Kier molecular flexibility index (Phi) is 5.85. The van der Waals surface area contributed by atoms with Gasteiger partial charge in [0.15, 0.2) is 0 Å². The summed E-state index contributed by atoms with van der Waals surface area (Å²) in [7, 11) is -3.46. The largest absolute Gasteiger partial charge is 0.326 e. The summed E-state index contributed by atoms with van der Waals surface area (Å²) < 4.78 is 25.2. The molecule has 0 unspecified atom stereocenters. The van der Waals surface area contributed by atoms with Crippen molar-refractivity contribution < 1.29 is 13.2 Å². The second kappa shape index (κ2) is 7.68. The topological polar surface area (TPSA) is 66.5 Å². The molecule has 7 heteroatoms. The highest BCUT2D eigenvalue weighted by molar-refractivity contribution is 7.92. The lowest BCUT2D eigenvalue weighted by Crippen LogP contribution is -2.33. The molecule has 1 N–H and O–H groups in total. The third-order valence-corrected chi connectivity index (χ3v) is 4.88. The number of hydrogen-bond acceptors (Lipinski definition) is 3. The third-order valence-electron chi connectivity index (χ3n) is 3.45. The third kappa shape index (κ3) is 4.97. The second-order valence-corrected chi connectivity index (χ2v) is 7.77. The summed E-state index contributed by atoms with van der Waals surface area (Å²) >= 11 is 5.89. The summed E-state index contributed by atoms with van der Waals surface area (Å²) in [5, 5.41) is 3.37. The smallest absolute Gasteiger partial charge is 0.232 e. The van der Waals surface area contributed by atoms with Gasteiger partial charge in [-0.15, -0.1) is 0 Å². The van der Waals surface area contributed by atoms with Crippen LogP contribution < -0.4 is 9.62 Å². The monoisotopic (exact) mass is 366 g/mol. The number of nitrogens with one attached hydrogen (secondary N) is 1. The van der Waals surface area contributed by atoms with Crippen LogP contribution >= 0.6 is 11.6 Å². The van der Waals surface area contributed by atoms with Gasteiger partial charge in [0.1, 0.15) is 0 Å². The van der Waals surface area contributed by atoms with Gasteiger partial charge in [-0.05, 0) is 42.8 Å². The Morgan fingerprint density at radius 2 is 1.83 bits per heavy atom. The van der Waals surface area contributed by atoms with E-state index in [1.165, 1.54) is 4.31 Å². The van der Waals surface area contributed by atoms with Crippen LogP contribution in [0.1, 0.15) is 12.0 Å². The quantitative estimate of drug-likeness (QED) is 0.851. The first-order valence-electron chi connectivity index (χ1n) is 7.36. The minimum absolute atomic E-state index is 0.0457. The number of aryl methyl sites for hydroxylation is 1. The van der Waals surface area contributed by atoms with E-state index in [1.807, 2.05) is 6.92 Å². The standard InChI is InChI=1S/C17H19ClN2O3S/c1-13-12-14(18)8-9-16(13)19-17(21)10-11-20(24(2,22)23)15-6-4-3-5-7-15/h3-9,12H,10-11H2,1-2H3,(H,19,21). The number of nitrogens with zero attached hydrogens (tertiary/aromatic N) is 1. The number of sulfonamides is 1. The zero-order chi connectivity index (χ0) is 17.7. The molecule has 2 rings (SSSR count). The van der Waals surface area contributed by atoms with Crippen molar-refractivity contribution >= 4 is 38.9 Å². The van der Waals surface area contributed by atoms with Gasteiger partial charge in [-0.1, -0.05) is 29.8 Å². The summed E-state index contributed by atoms with van der Waals surface area (Å²) in [6.45, 7) is 1.91. The number of carbonyl (C=O) groups is 1. The molecule has 24 heavy (non-hydrogen) atoms. The fraction of sp³-hybridized carbons (Fsp3) is 0.235. The minimum Gasteiger partial charge on any atom is -0.326 e. The van der Waals surface area contributed by atoms with E-state index in [2.05, 4.69) is 5.32 Å². The van der Waals surface area contributed by atoms with Gasteiger partial charge in [-0.25, -0.2) is 8.42 Å². The number of amides is 1. The molecule has 0 aliphatic heterocycles. The molecule has 0 bridgehead atoms. The van der Waals surface area contributed by atoms with Crippen LogP contribution in [0.3, 0.4) is 0 Å². The Bertz CT molecular complexity index is 823. The number of hydrogen-bond donors (Lipinski definition) is 1. The van der Waals surface area contributed by atoms with Crippen molar-refractivity contribution in [3.05, 3.63) is 59.1 Å². The zero-order valence-electron chi connectivity index (χ0n) is 13.5. The molecule has 0 aliphatic carbocycles. The SMILES string of the molecule is Cc1cc(Cl)ccc1NC(=O)CCN(c1ccccc1)S(C)(=O)=O. The van der Waals surface area contributed by atoms with E-state index in [9.17, 15) is 13.2 Å². The lowest BCUT2D eigenvalue weighted by atomic mass is 10.2. The van der Waals surface area contributed by atoms with Gasteiger partial charge in [0.2, 0.25) is 15.9 Å². The number of halogens is 1. The summed E-state index contributed by atoms with van der Waals surface area (Å²) in [6, 6.07) is 13.9. The Hall–Kier alpha value is -2.05. The average molecular weight is 367 g/mol. The van der Waals surface area contributed by atoms with Crippen molar-refractivity contribution in [2.45, 2.75) is 13.3 Å². The van der Waals surface area contributed by atoms with Crippen LogP contribution in [0.5, 0.6) is 0 Å². The van der Waals surface area contributed by atoms with Gasteiger partial charge < -0.3 is 5.32 Å². The van der Waals surface area contributed by atoms with Crippen molar-refractivity contribution in [3.63, 3.8) is 0 Å². The molecule has 2 aromatic carbocycles. The van der Waals surface area contributed by atoms with Gasteiger partial charge in [-0.3, -0.25) is 9.10 Å². The maximum Gasteiger partial charge on any atom is 0.232 e. The lowest BCUT2D eigenvalue weighted by Gasteiger charge is -2.22. The highest BCUT2D eigenvalue weighted by Gasteiger charge is 2.18. The predicted octanol–water partition coefficient (Wildman–Crippen LogP) is 3.44. The second-order valence-electron chi connectivity index (χ2n) is 5.43. The molecular formula is C17H19ClN2O3S. The van der Waals surface area contributed by atoms with Crippen LogP contribution in [0.2, 0.25) is 5.02 Å². The fourth-order valence-corrected chi connectivity index (χ4v) is 3.42. The Labute approximate surface area is 147 Å². The van der Waals surface area contributed by atoms with Crippen molar-refractivity contribution in [3.8, 4) is 0 Å². The molecule has 0 saturated heterocycles. The molecule has 0 radical (unpaired) electrons. The number of benzene rings is 2. The molecule has 0 heterocycles. The maximum absolute atomic E-state index is 12.1. The van der Waals surface area contributed by atoms with E-state index in [1.54, 1.807) is 48.5 Å². The average Bonchev–Trinajstić information content (AvgIpc) is 2.50. The molecule has 128 valence electrons. The van der Waals surface area contributed by atoms with Gasteiger partial charge in [0.05, 0.1) is 11.9 Å². The molecular weight excluding hydrogens is 348 g/mol. The molecule has 0 aromatic heterocycles. The first-order chi connectivity index (χ1) is 11.3. The van der Waals surface area contributed by atoms with E-state index in [-0.39, 0.29) is 18.9 Å². The molecule has 0 atom stereocenters. The lowest BCUT2D eigenvalue weighted by molar-refractivity contribution is -0.116. The summed E-state index contributed by atoms with van der Waals surface area (Å²) in [4.78, 5) is 12.1. The molecule has 1 amide bonds. The summed E-state index contributed by atoms with van der Waals surface area (Å²) in [6.07, 6.45) is 1.17.